The van der Waals surface area contributed by atoms with Gasteiger partial charge >= 0.3 is 0 Å². The van der Waals surface area contributed by atoms with Crippen LogP contribution in [0.1, 0.15) is 59.7 Å². The molecule has 9 aromatic carbocycles. The minimum Gasteiger partial charge on any atom is -0.343 e. The Morgan fingerprint density at radius 3 is 1.52 bits per heavy atom. The third-order valence-corrected chi connectivity index (χ3v) is 18.8. The van der Waals surface area contributed by atoms with Crippen LogP contribution in [0.15, 0.2) is 170 Å². The van der Waals surface area contributed by atoms with E-state index in [0.717, 1.165) is 34.6 Å². The second-order valence-electron chi connectivity index (χ2n) is 20.3. The number of aryl methyl sites for hydroxylation is 1. The zero-order valence-electron chi connectivity index (χ0n) is 42.0. The van der Waals surface area contributed by atoms with E-state index in [4.69, 9.17) is 0 Å². The second-order valence-corrected chi connectivity index (χ2v) is 23.3. The molecule has 8 heteroatoms. The molecule has 0 aliphatic carbocycles. The number of anilines is 6. The van der Waals surface area contributed by atoms with Crippen LogP contribution in [0.25, 0.3) is 60.5 Å². The predicted molar refractivity (Wildman–Crippen MR) is 315 cm³/mol. The van der Waals surface area contributed by atoms with E-state index in [2.05, 4.69) is 179 Å². The van der Waals surface area contributed by atoms with Gasteiger partial charge in [0, 0.05) is 73.2 Å². The first-order valence-corrected chi connectivity index (χ1v) is 27.2. The van der Waals surface area contributed by atoms with Crippen LogP contribution < -0.4 is 14.7 Å². The van der Waals surface area contributed by atoms with Gasteiger partial charge in [0.1, 0.15) is 11.9 Å². The minimum atomic E-state index is -0.250. The van der Waals surface area contributed by atoms with Gasteiger partial charge in [-0.2, -0.15) is 5.26 Å². The number of rotatable bonds is 10. The normalized spacial score (nSPS) is 11.9. The lowest BCUT2D eigenvalue weighted by Gasteiger charge is -2.29. The second kappa shape index (κ2) is 18.2. The number of hydrogen-bond donors (Lipinski definition) is 0. The standard InChI is InChI=1S/C65H53FN4S3/c1-39-18-14-24-47-57-40(32-34-55(63(57)71-59(39)47)68(5)51-28-11-8-19-44(51)38-67)37-43-21-16-25-48-58-41(33-35-56(64(58)73-61(43)48)70(7)53-30-13-10-27-50(53)66)36-42-20-15-22-45-46-23-17-31-54(62(46)72-60(42)45)69(6)52-29-12-9-26-49(52)65(2,3)4/h8-35H,36-37H2,1-7H3. The van der Waals surface area contributed by atoms with E-state index in [0.29, 0.717) is 11.3 Å². The Bertz CT molecular complexity index is 4200. The molecule has 0 atom stereocenters. The molecule has 4 nitrogen and oxygen atoms in total. The maximum Gasteiger partial charge on any atom is 0.146 e. The Balaban J connectivity index is 1.01. The molecular formula is C65H53FN4S3. The summed E-state index contributed by atoms with van der Waals surface area (Å²) in [5.74, 6) is -0.250. The molecule has 12 aromatic rings. The van der Waals surface area contributed by atoms with Crippen molar-refractivity contribution in [1.82, 2.24) is 0 Å². The van der Waals surface area contributed by atoms with Gasteiger partial charge in [0.25, 0.3) is 0 Å². The van der Waals surface area contributed by atoms with Crippen LogP contribution in [0.5, 0.6) is 0 Å². The topological polar surface area (TPSA) is 33.5 Å². The highest BCUT2D eigenvalue weighted by atomic mass is 32.1. The van der Waals surface area contributed by atoms with E-state index in [1.54, 1.807) is 12.1 Å². The summed E-state index contributed by atoms with van der Waals surface area (Å²) in [7, 11) is 6.26. The first kappa shape index (κ1) is 46.5. The van der Waals surface area contributed by atoms with Crippen molar-refractivity contribution in [2.24, 2.45) is 0 Å². The molecule has 0 aliphatic rings. The van der Waals surface area contributed by atoms with Crippen molar-refractivity contribution >= 4 is 129 Å². The quantitative estimate of drug-likeness (QED) is 0.137. The molecular weight excluding hydrogens is 952 g/mol. The zero-order valence-corrected chi connectivity index (χ0v) is 44.4. The van der Waals surface area contributed by atoms with Gasteiger partial charge in [-0.3, -0.25) is 0 Å². The minimum absolute atomic E-state index is 0.00936. The summed E-state index contributed by atoms with van der Waals surface area (Å²) in [5.41, 5.74) is 14.2. The third kappa shape index (κ3) is 7.81. The van der Waals surface area contributed by atoms with E-state index >= 15 is 4.39 Å². The molecule has 0 saturated heterocycles. The molecule has 0 radical (unpaired) electrons. The molecule has 73 heavy (non-hydrogen) atoms. The monoisotopic (exact) mass is 1000 g/mol. The number of halogens is 1. The molecule has 0 saturated carbocycles. The smallest absolute Gasteiger partial charge is 0.146 e. The van der Waals surface area contributed by atoms with E-state index in [-0.39, 0.29) is 11.2 Å². The number of nitrogens with zero attached hydrogens (tertiary/aromatic N) is 4. The van der Waals surface area contributed by atoms with Crippen LogP contribution in [0.2, 0.25) is 0 Å². The summed E-state index contributed by atoms with van der Waals surface area (Å²) >= 11 is 5.55. The number of fused-ring (bicyclic) bond motifs is 9. The molecule has 0 fully saturated rings. The summed E-state index contributed by atoms with van der Waals surface area (Å²) in [4.78, 5) is 6.56. The highest BCUT2D eigenvalue weighted by molar-refractivity contribution is 7.27. The van der Waals surface area contributed by atoms with Crippen molar-refractivity contribution in [1.29, 1.82) is 5.26 Å². The van der Waals surface area contributed by atoms with Crippen molar-refractivity contribution in [2.75, 3.05) is 35.8 Å². The Labute approximate surface area is 438 Å². The van der Waals surface area contributed by atoms with E-state index in [1.165, 1.54) is 101 Å². The molecule has 0 bridgehead atoms. The Morgan fingerprint density at radius 1 is 0.425 bits per heavy atom. The number of hydrogen-bond acceptors (Lipinski definition) is 7. The predicted octanol–water partition coefficient (Wildman–Crippen LogP) is 18.9. The Morgan fingerprint density at radius 2 is 0.877 bits per heavy atom. The van der Waals surface area contributed by atoms with Gasteiger partial charge in [0.15, 0.2) is 0 Å². The van der Waals surface area contributed by atoms with Crippen molar-refractivity contribution in [3.05, 3.63) is 215 Å². The molecule has 0 amide bonds. The Kier molecular flexibility index (Phi) is 11.6. The number of nitriles is 1. The van der Waals surface area contributed by atoms with E-state index in [1.807, 2.05) is 82.4 Å². The Hall–Kier alpha value is -7.54. The molecule has 0 aliphatic heterocycles. The average molecular weight is 1010 g/mol. The van der Waals surface area contributed by atoms with Crippen LogP contribution in [-0.4, -0.2) is 21.1 Å². The maximum absolute atomic E-state index is 15.7. The molecule has 0 N–H and O–H groups in total. The van der Waals surface area contributed by atoms with E-state index in [9.17, 15) is 5.26 Å². The SMILES string of the molecule is Cc1cccc2c1sc1c(N(C)c3ccccc3C#N)ccc(Cc3cccc4c3sc3c(N(C)c5ccccc5F)ccc(Cc5cccc6c5sc5c(N(C)c7ccccc7C(C)(C)C)cccc56)c34)c12. The van der Waals surface area contributed by atoms with Crippen LogP contribution in [0.4, 0.5) is 38.5 Å². The molecule has 3 heterocycles. The number of thiophene rings is 3. The summed E-state index contributed by atoms with van der Waals surface area (Å²) < 4.78 is 23.1. The summed E-state index contributed by atoms with van der Waals surface area (Å²) in [5, 5.41) is 17.6. The van der Waals surface area contributed by atoms with Gasteiger partial charge in [0.2, 0.25) is 0 Å². The molecule has 0 unspecified atom stereocenters. The summed E-state index contributed by atoms with van der Waals surface area (Å²) in [6.07, 6.45) is 1.47. The fourth-order valence-corrected chi connectivity index (χ4v) is 15.3. The van der Waals surface area contributed by atoms with Gasteiger partial charge in [-0.15, -0.1) is 34.0 Å². The van der Waals surface area contributed by atoms with E-state index < -0.39 is 0 Å². The molecule has 0 spiro atoms. The van der Waals surface area contributed by atoms with Crippen LogP contribution in [0, 0.1) is 24.1 Å². The van der Waals surface area contributed by atoms with Gasteiger partial charge in [-0.05, 0) is 107 Å². The van der Waals surface area contributed by atoms with Crippen molar-refractivity contribution < 1.29 is 4.39 Å². The van der Waals surface area contributed by atoms with Crippen LogP contribution in [-0.2, 0) is 18.3 Å². The van der Waals surface area contributed by atoms with Gasteiger partial charge in [0.05, 0.1) is 48.1 Å². The number of benzene rings is 9. The largest absolute Gasteiger partial charge is 0.343 e. The fraction of sp³-hybridized carbons (Fsp3) is 0.154. The van der Waals surface area contributed by atoms with Gasteiger partial charge in [-0.1, -0.05) is 142 Å². The first-order valence-electron chi connectivity index (χ1n) is 24.8. The summed E-state index contributed by atoms with van der Waals surface area (Å²) in [6.45, 7) is 9.05. The van der Waals surface area contributed by atoms with Crippen molar-refractivity contribution in [2.45, 2.75) is 46.0 Å². The third-order valence-electron chi connectivity index (χ3n) is 14.8. The van der Waals surface area contributed by atoms with Crippen LogP contribution in [0.3, 0.4) is 0 Å². The molecule has 358 valence electrons. The molecule has 3 aromatic heterocycles. The first-order chi connectivity index (χ1) is 35.4. The molecule has 12 rings (SSSR count). The highest BCUT2D eigenvalue weighted by Gasteiger charge is 2.25. The lowest BCUT2D eigenvalue weighted by Crippen LogP contribution is -2.19. The lowest BCUT2D eigenvalue weighted by atomic mass is 9.85. The zero-order chi connectivity index (χ0) is 50.3. The summed E-state index contributed by atoms with van der Waals surface area (Å²) in [6, 6.07) is 62.1. The van der Waals surface area contributed by atoms with Crippen molar-refractivity contribution in [3.63, 3.8) is 0 Å². The lowest BCUT2D eigenvalue weighted by molar-refractivity contribution is 0.590. The number of para-hydroxylation sites is 3. The van der Waals surface area contributed by atoms with Crippen LogP contribution >= 0.6 is 34.0 Å². The maximum atomic E-state index is 15.7. The van der Waals surface area contributed by atoms with Crippen molar-refractivity contribution in [3.8, 4) is 6.07 Å². The highest BCUT2D eigenvalue weighted by Crippen LogP contribution is 2.50. The van der Waals surface area contributed by atoms with Gasteiger partial charge < -0.3 is 14.7 Å². The fourth-order valence-electron chi connectivity index (χ4n) is 11.1. The average Bonchev–Trinajstić information content (AvgIpc) is 4.12. The van der Waals surface area contributed by atoms with Gasteiger partial charge in [-0.25, -0.2) is 4.39 Å².